The molecule has 0 aliphatic heterocycles. The molecule has 0 unspecified atom stereocenters. The third-order valence-electron chi connectivity index (χ3n) is 23.5. The maximum Gasteiger partial charge on any atom is 0.0774 e. The van der Waals surface area contributed by atoms with Crippen molar-refractivity contribution in [3.05, 3.63) is 383 Å². The minimum absolute atomic E-state index is 0. The zero-order valence-electron chi connectivity index (χ0n) is 71.6. The molecular weight excluding hydrogens is 2430 g/mol. The third kappa shape index (κ3) is 16.1. The third-order valence-corrected chi connectivity index (χ3v) is 23.5. The molecule has 0 fully saturated rings. The van der Waals surface area contributed by atoms with Crippen LogP contribution in [0.15, 0.2) is 297 Å². The van der Waals surface area contributed by atoms with Gasteiger partial charge in [0.25, 0.3) is 0 Å². The van der Waals surface area contributed by atoms with E-state index in [4.69, 9.17) is 24.9 Å². The van der Waals surface area contributed by atoms with Crippen LogP contribution in [0.4, 0.5) is 0 Å². The number of fused-ring (bicyclic) bond motifs is 31. The molecule has 15 aromatic carbocycles. The first-order valence-electron chi connectivity index (χ1n) is 41.5. The summed E-state index contributed by atoms with van der Waals surface area (Å²) in [5, 5.41) is 14.3. The molecule has 126 heavy (non-hydrogen) atoms. The number of aromatic nitrogens is 10. The van der Waals surface area contributed by atoms with Crippen molar-refractivity contribution in [2.24, 2.45) is 5.41 Å². The van der Waals surface area contributed by atoms with Crippen molar-refractivity contribution < 1.29 is 101 Å². The summed E-state index contributed by atoms with van der Waals surface area (Å²) < 4.78 is 11.4. The normalized spacial score (nSPS) is 11.4. The number of nitrogens with zero attached hydrogens (tertiary/aromatic N) is 10. The van der Waals surface area contributed by atoms with E-state index in [9.17, 15) is 0 Å². The maximum atomic E-state index is 4.91. The number of imidazole rings is 5. The molecule has 24 rings (SSSR count). The van der Waals surface area contributed by atoms with Crippen LogP contribution >= 0.6 is 0 Å². The first-order valence-corrected chi connectivity index (χ1v) is 41.5. The second-order valence-corrected chi connectivity index (χ2v) is 33.5. The molecule has 10 nitrogen and oxygen atoms in total. The molecule has 0 amide bonds. The molecule has 5 radical (unpaired) electrons. The molecule has 15 heteroatoms. The summed E-state index contributed by atoms with van der Waals surface area (Å²) in [6, 6.07) is 119. The van der Waals surface area contributed by atoms with Crippen LogP contribution in [0.1, 0.15) is 76.4 Å². The van der Waals surface area contributed by atoms with E-state index < -0.39 is 0 Å². The van der Waals surface area contributed by atoms with Crippen molar-refractivity contribution in [2.75, 3.05) is 0 Å². The molecule has 0 aliphatic rings. The topological polar surface area (TPSA) is 87.0 Å². The average Bonchev–Trinajstić information content (AvgIpc) is 1.50. The van der Waals surface area contributed by atoms with Crippen LogP contribution in [0.3, 0.4) is 0 Å². The number of pyridine rings is 4. The van der Waals surface area contributed by atoms with Gasteiger partial charge < -0.3 is 22.2 Å². The van der Waals surface area contributed by atoms with Crippen molar-refractivity contribution in [1.82, 2.24) is 47.1 Å². The second kappa shape index (κ2) is 36.5. The van der Waals surface area contributed by atoms with Crippen molar-refractivity contribution in [2.45, 2.75) is 89.5 Å². The SMILES string of the molecule is CC(C)(C)Cc1ccc2c(c1)c1ccc[c-]c1c1nc3ccccc3n21.Cc1[c-]c2c(c(C)c1)c1cc(C)ccc1n1c(-c3c(C)cccc3C)cnc21.Cc1cc(C)c(-n2c(-c3[c-]cccc3)nc3ccccc32)c(C)c1.Cc1ccc2c(c1)c1ccc[c-]c1c1nc3ccccc3n21.[Ir].[Ir].[Ir].[Ir].[Ir].[c-]1cccc2c1c1nc3ccccc3n1c1ccccc21. The summed E-state index contributed by atoms with van der Waals surface area (Å²) in [6.45, 7) is 26.3. The van der Waals surface area contributed by atoms with Gasteiger partial charge in [-0.05, 0) is 182 Å². The van der Waals surface area contributed by atoms with Crippen molar-refractivity contribution >= 4 is 153 Å². The average molecular weight is 2520 g/mol. The van der Waals surface area contributed by atoms with Gasteiger partial charge in [-0.15, -0.1) is 148 Å². The second-order valence-electron chi connectivity index (χ2n) is 33.5. The maximum absolute atomic E-state index is 4.91. The van der Waals surface area contributed by atoms with E-state index >= 15 is 0 Å². The molecule has 0 bridgehead atoms. The van der Waals surface area contributed by atoms with Crippen LogP contribution in [0.2, 0.25) is 0 Å². The number of rotatable bonds is 4. The Morgan fingerprint density at radius 2 is 0.738 bits per heavy atom. The quantitative estimate of drug-likeness (QED) is 0.129. The number of aryl methyl sites for hydroxylation is 9. The number of hydrogen-bond donors (Lipinski definition) is 0. The standard InChI is InChI=1S/C26H23N2.C24H21N2.C22H19N2.C20H13N2.C19H11N2.5Ir/c1-15-9-10-22-20(12-15)25-19(5)11-16(2)13-21(25)26-27-14-23(28(22)26)24-17(3)7-6-8-18(24)4;1-24(2,3)15-16-12-13-21-19(14-16)17-8-4-5-9-18(17)23-25-20-10-6-7-11-22(20)26(21)23;1-15-13-16(2)21(17(3)14-15)24-20-12-8-7-11-19(20)23-22(24)18-9-5-4-6-10-18;1-13-10-11-18-16(12-13)14-6-2-3-7-15(14)20-21-17-8-4-5-9-19(17)22(18)20;1-2-9-15-13(7-1)14-8-3-5-11-17(14)21-18-12-6-4-10-16(18)20-19(15)21;;;;;/h6-12,14H,1-5H3;4-8,10-14H,15H2,1-3H3;4-9,11-14H,1-3H3;2-6,8-12H,1H3;1-8,10-12H;;;;;/q5*-1;;;;;. The van der Waals surface area contributed by atoms with Gasteiger partial charge in [0.05, 0.1) is 78.2 Å². The van der Waals surface area contributed by atoms with Crippen molar-refractivity contribution in [1.29, 1.82) is 0 Å². The van der Waals surface area contributed by atoms with E-state index in [2.05, 4.69) is 354 Å². The van der Waals surface area contributed by atoms with E-state index in [-0.39, 0.29) is 106 Å². The van der Waals surface area contributed by atoms with Crippen LogP contribution in [0, 0.1) is 98.1 Å². The Labute approximate surface area is 800 Å². The largest absolute Gasteiger partial charge is 0.333 e. The Morgan fingerprint density at radius 3 is 1.25 bits per heavy atom. The van der Waals surface area contributed by atoms with Crippen LogP contribution < -0.4 is 0 Å². The smallest absolute Gasteiger partial charge is 0.0774 e. The van der Waals surface area contributed by atoms with Crippen LogP contribution in [0.25, 0.3) is 182 Å². The fourth-order valence-corrected chi connectivity index (χ4v) is 18.6. The molecule has 0 saturated carbocycles. The van der Waals surface area contributed by atoms with Crippen molar-refractivity contribution in [3.63, 3.8) is 0 Å². The van der Waals surface area contributed by atoms with Gasteiger partial charge in [0.15, 0.2) is 0 Å². The van der Waals surface area contributed by atoms with Gasteiger partial charge in [0.1, 0.15) is 0 Å². The van der Waals surface area contributed by atoms with E-state index in [1.54, 1.807) is 0 Å². The first kappa shape index (κ1) is 89.5. The first-order chi connectivity index (χ1) is 58.9. The van der Waals surface area contributed by atoms with Gasteiger partial charge >= 0.3 is 0 Å². The summed E-state index contributed by atoms with van der Waals surface area (Å²) in [5.74, 6) is 0.937. The van der Waals surface area contributed by atoms with Gasteiger partial charge in [0, 0.05) is 140 Å². The minimum Gasteiger partial charge on any atom is -0.333 e. The molecule has 9 aromatic heterocycles. The molecule has 0 spiro atoms. The molecule has 24 aromatic rings. The fourth-order valence-electron chi connectivity index (χ4n) is 18.6. The predicted octanol–water partition coefficient (Wildman–Crippen LogP) is 27.7. The summed E-state index contributed by atoms with van der Waals surface area (Å²) in [5.41, 5.74) is 34.9. The van der Waals surface area contributed by atoms with Crippen molar-refractivity contribution in [3.8, 4) is 28.3 Å². The Morgan fingerprint density at radius 1 is 0.310 bits per heavy atom. The number of para-hydroxylation sites is 9. The van der Waals surface area contributed by atoms with Gasteiger partial charge in [-0.3, -0.25) is 24.9 Å². The molecule has 631 valence electrons. The predicted molar refractivity (Wildman–Crippen MR) is 505 cm³/mol. The van der Waals surface area contributed by atoms with Gasteiger partial charge in [-0.25, -0.2) is 0 Å². The molecule has 0 N–H and O–H groups in total. The summed E-state index contributed by atoms with van der Waals surface area (Å²) in [7, 11) is 0. The van der Waals surface area contributed by atoms with Crippen LogP contribution in [0.5, 0.6) is 0 Å². The summed E-state index contributed by atoms with van der Waals surface area (Å²) >= 11 is 0. The zero-order chi connectivity index (χ0) is 82.6. The number of benzene rings is 15. The van der Waals surface area contributed by atoms with Gasteiger partial charge in [-0.2, -0.15) is 0 Å². The Bertz CT molecular complexity index is 8270. The van der Waals surface area contributed by atoms with E-state index in [0.717, 1.165) is 117 Å². The van der Waals surface area contributed by atoms with E-state index in [1.807, 2.05) is 79.0 Å². The Kier molecular flexibility index (Phi) is 25.9. The fraction of sp³-hybridized carbons (Fsp3) is 0.126. The van der Waals surface area contributed by atoms with Gasteiger partial charge in [0.2, 0.25) is 0 Å². The Hall–Kier alpha value is -11.4. The molecule has 0 atom stereocenters. The molecular formula is C111H87Ir5N10-5. The molecule has 9 heterocycles. The van der Waals surface area contributed by atoms with E-state index in [0.29, 0.717) is 0 Å². The Balaban J connectivity index is 0.000000121. The summed E-state index contributed by atoms with van der Waals surface area (Å²) in [6.07, 6.45) is 3.08. The minimum atomic E-state index is 0. The monoisotopic (exact) mass is 2520 g/mol. The molecule has 0 aliphatic carbocycles. The van der Waals surface area contributed by atoms with Gasteiger partial charge in [-0.1, -0.05) is 212 Å². The van der Waals surface area contributed by atoms with Crippen LogP contribution in [-0.2, 0) is 107 Å². The summed E-state index contributed by atoms with van der Waals surface area (Å²) in [4.78, 5) is 24.4. The molecule has 0 saturated heterocycles. The van der Waals surface area contributed by atoms with Crippen LogP contribution in [-0.4, -0.2) is 47.1 Å². The zero-order valence-corrected chi connectivity index (χ0v) is 83.6. The van der Waals surface area contributed by atoms with E-state index in [1.165, 1.54) is 126 Å². The number of hydrogen-bond acceptors (Lipinski definition) is 5.